The molecular formula is C21H18F3NO6. The van der Waals surface area contributed by atoms with Gasteiger partial charge < -0.3 is 24.7 Å². The molecule has 1 aliphatic rings. The Balaban J connectivity index is 0.000000423. The highest BCUT2D eigenvalue weighted by Crippen LogP contribution is 2.29. The maximum absolute atomic E-state index is 12.4. The number of carboxylic acid groups (broad SMARTS) is 2. The molecule has 3 rings (SSSR count). The summed E-state index contributed by atoms with van der Waals surface area (Å²) in [6.45, 7) is 1.32. The topological polar surface area (TPSA) is 124 Å². The number of quaternary nitrogens is 1. The zero-order valence-corrected chi connectivity index (χ0v) is 16.1. The van der Waals surface area contributed by atoms with E-state index in [2.05, 4.69) is 11.8 Å². The van der Waals surface area contributed by atoms with Crippen molar-refractivity contribution in [2.45, 2.75) is 19.0 Å². The molecule has 0 atom stereocenters. The molecule has 0 aliphatic carbocycles. The molecule has 10 heteroatoms. The Kier molecular flexibility index (Phi) is 7.61. The van der Waals surface area contributed by atoms with E-state index in [9.17, 15) is 22.8 Å². The van der Waals surface area contributed by atoms with Crippen LogP contribution >= 0.6 is 0 Å². The molecule has 0 radical (unpaired) electrons. The predicted octanol–water partition coefficient (Wildman–Crippen LogP) is 0.589. The summed E-state index contributed by atoms with van der Waals surface area (Å²) in [7, 11) is 0. The van der Waals surface area contributed by atoms with E-state index in [0.717, 1.165) is 5.56 Å². The minimum atomic E-state index is -5.19. The van der Waals surface area contributed by atoms with E-state index in [-0.39, 0.29) is 24.4 Å². The number of carbonyl (C=O) groups excluding carboxylic acids is 2. The van der Waals surface area contributed by atoms with Gasteiger partial charge in [-0.25, -0.2) is 0 Å². The zero-order valence-electron chi connectivity index (χ0n) is 16.1. The smallest absolute Gasteiger partial charge is 0.430 e. The molecule has 0 amide bonds. The van der Waals surface area contributed by atoms with Crippen molar-refractivity contribution >= 4 is 17.7 Å². The summed E-state index contributed by atoms with van der Waals surface area (Å²) < 4.78 is 37.1. The van der Waals surface area contributed by atoms with Crippen molar-refractivity contribution in [1.82, 2.24) is 0 Å². The van der Waals surface area contributed by atoms with E-state index in [1.54, 1.807) is 12.1 Å². The van der Waals surface area contributed by atoms with Crippen molar-refractivity contribution < 1.29 is 47.5 Å². The summed E-state index contributed by atoms with van der Waals surface area (Å²) in [5.41, 5.74) is 0.415. The van der Waals surface area contributed by atoms with Gasteiger partial charge in [0.15, 0.2) is 17.3 Å². The minimum absolute atomic E-state index is 0.0105. The third kappa shape index (κ3) is 7.31. The predicted molar refractivity (Wildman–Crippen MR) is 97.5 cm³/mol. The number of aliphatic carboxylic acids is 2. The van der Waals surface area contributed by atoms with E-state index < -0.39 is 23.5 Å². The Hall–Kier alpha value is -3.58. The second-order valence-electron chi connectivity index (χ2n) is 6.93. The Morgan fingerprint density at radius 3 is 2.16 bits per heavy atom. The number of hydrogen-bond donors (Lipinski definition) is 2. The number of ketones is 1. The van der Waals surface area contributed by atoms with E-state index in [1.165, 1.54) is 0 Å². The average molecular weight is 437 g/mol. The summed E-state index contributed by atoms with van der Waals surface area (Å²) in [6.07, 6.45) is -4.99. The first-order chi connectivity index (χ1) is 14.5. The van der Waals surface area contributed by atoms with Crippen LogP contribution in [-0.2, 0) is 9.59 Å². The lowest BCUT2D eigenvalue weighted by Gasteiger charge is -2.36. The van der Waals surface area contributed by atoms with Crippen molar-refractivity contribution in [3.8, 4) is 11.8 Å². The first kappa shape index (κ1) is 23.7. The number of nitrogens with two attached hydrogens (primary N) is 1. The first-order valence-corrected chi connectivity index (χ1v) is 9.02. The summed E-state index contributed by atoms with van der Waals surface area (Å²) in [5, 5.41) is 19.8. The van der Waals surface area contributed by atoms with Crippen LogP contribution in [0.4, 0.5) is 13.2 Å². The van der Waals surface area contributed by atoms with Crippen molar-refractivity contribution in [3.63, 3.8) is 0 Å². The SMILES string of the molecule is O=C(O)CC1(CC(=O)c2ccc(C#Cc3ccccc3)o2)C[NH2+]C1.O=C([O-])C(F)(F)F. The average Bonchev–Trinajstić information content (AvgIpc) is 3.14. The van der Waals surface area contributed by atoms with Crippen LogP contribution < -0.4 is 10.4 Å². The highest BCUT2D eigenvalue weighted by Gasteiger charge is 2.45. The van der Waals surface area contributed by atoms with E-state index in [0.29, 0.717) is 18.8 Å². The maximum Gasteiger partial charge on any atom is 0.430 e. The van der Waals surface area contributed by atoms with Crippen molar-refractivity contribution in [2.24, 2.45) is 5.41 Å². The van der Waals surface area contributed by atoms with Gasteiger partial charge in [-0.05, 0) is 30.2 Å². The summed E-state index contributed by atoms with van der Waals surface area (Å²) in [6, 6.07) is 12.8. The molecule has 31 heavy (non-hydrogen) atoms. The molecule has 1 aromatic carbocycles. The Morgan fingerprint density at radius 2 is 1.68 bits per heavy atom. The van der Waals surface area contributed by atoms with Gasteiger partial charge in [0, 0.05) is 12.0 Å². The monoisotopic (exact) mass is 437 g/mol. The van der Waals surface area contributed by atoms with Gasteiger partial charge in [-0.1, -0.05) is 24.1 Å². The Bertz CT molecular complexity index is 997. The van der Waals surface area contributed by atoms with Gasteiger partial charge in [0.1, 0.15) is 5.97 Å². The van der Waals surface area contributed by atoms with Gasteiger partial charge in [0.25, 0.3) is 0 Å². The van der Waals surface area contributed by atoms with Crippen molar-refractivity contribution in [3.05, 3.63) is 59.5 Å². The van der Waals surface area contributed by atoms with E-state index in [4.69, 9.17) is 19.4 Å². The molecule has 0 spiro atoms. The number of Topliss-reactive ketones (excluding diaryl/α,β-unsaturated/α-hetero) is 1. The number of furan rings is 1. The van der Waals surface area contributed by atoms with Crippen LogP contribution in [0.2, 0.25) is 0 Å². The second-order valence-corrected chi connectivity index (χ2v) is 6.93. The fourth-order valence-electron chi connectivity index (χ4n) is 2.86. The van der Waals surface area contributed by atoms with Crippen LogP contribution in [0.3, 0.4) is 0 Å². The zero-order chi connectivity index (χ0) is 23.1. The second kappa shape index (κ2) is 9.95. The lowest BCUT2D eigenvalue weighted by atomic mass is 9.74. The molecule has 0 unspecified atom stereocenters. The molecule has 1 aromatic heterocycles. The number of benzene rings is 1. The van der Waals surface area contributed by atoms with Gasteiger partial charge in [-0.15, -0.1) is 0 Å². The number of alkyl halides is 3. The molecule has 1 fully saturated rings. The van der Waals surface area contributed by atoms with E-state index >= 15 is 0 Å². The Morgan fingerprint density at radius 1 is 1.06 bits per heavy atom. The number of rotatable bonds is 5. The number of carboxylic acids is 2. The van der Waals surface area contributed by atoms with Crippen LogP contribution in [-0.4, -0.2) is 42.1 Å². The van der Waals surface area contributed by atoms with Gasteiger partial charge in [-0.2, -0.15) is 13.2 Å². The largest absolute Gasteiger partial charge is 0.542 e. The molecule has 7 nitrogen and oxygen atoms in total. The summed E-state index contributed by atoms with van der Waals surface area (Å²) in [5.74, 6) is 2.48. The third-order valence-corrected chi connectivity index (χ3v) is 4.43. The normalized spacial score (nSPS) is 14.2. The highest BCUT2D eigenvalue weighted by atomic mass is 19.4. The summed E-state index contributed by atoms with van der Waals surface area (Å²) >= 11 is 0. The quantitative estimate of drug-likeness (QED) is 0.521. The van der Waals surface area contributed by atoms with Gasteiger partial charge in [0.2, 0.25) is 0 Å². The minimum Gasteiger partial charge on any atom is -0.542 e. The van der Waals surface area contributed by atoms with Crippen LogP contribution in [0.25, 0.3) is 0 Å². The van der Waals surface area contributed by atoms with Gasteiger partial charge in [-0.3, -0.25) is 9.59 Å². The van der Waals surface area contributed by atoms with Gasteiger partial charge >= 0.3 is 12.1 Å². The standard InChI is InChI=1S/C19H17NO4.C2HF3O2/c21-16(10-19(11-18(22)23)12-20-13-19)17-9-8-15(24-17)7-6-14-4-2-1-3-5-14;3-2(4,5)1(6)7/h1-5,8-9,20H,10-13H2,(H,22,23);(H,6,7). The van der Waals surface area contributed by atoms with Crippen LogP contribution in [0.15, 0.2) is 46.9 Å². The molecule has 0 saturated carbocycles. The lowest BCUT2D eigenvalue weighted by Crippen LogP contribution is -3.00. The molecule has 2 aromatic rings. The molecule has 3 N–H and O–H groups in total. The van der Waals surface area contributed by atoms with Crippen LogP contribution in [0.5, 0.6) is 0 Å². The summed E-state index contributed by atoms with van der Waals surface area (Å²) in [4.78, 5) is 32.1. The third-order valence-electron chi connectivity index (χ3n) is 4.43. The maximum atomic E-state index is 12.4. The van der Waals surface area contributed by atoms with E-state index in [1.807, 2.05) is 35.6 Å². The van der Waals surface area contributed by atoms with Crippen LogP contribution in [0, 0.1) is 17.3 Å². The number of halogens is 3. The fraction of sp³-hybridized carbons (Fsp3) is 0.286. The molecule has 1 saturated heterocycles. The molecule has 2 heterocycles. The molecule has 1 aliphatic heterocycles. The van der Waals surface area contributed by atoms with Crippen molar-refractivity contribution in [2.75, 3.05) is 13.1 Å². The van der Waals surface area contributed by atoms with Crippen molar-refractivity contribution in [1.29, 1.82) is 0 Å². The lowest BCUT2D eigenvalue weighted by molar-refractivity contribution is -0.741. The molecule has 164 valence electrons. The molecule has 0 bridgehead atoms. The first-order valence-electron chi connectivity index (χ1n) is 9.02. The number of carbonyl (C=O) groups is 3. The fourth-order valence-corrected chi connectivity index (χ4v) is 2.86. The number of hydrogen-bond acceptors (Lipinski definition) is 5. The Labute approximate surface area is 174 Å². The molecular weight excluding hydrogens is 419 g/mol. The van der Waals surface area contributed by atoms with Crippen LogP contribution in [0.1, 0.15) is 34.7 Å². The highest BCUT2D eigenvalue weighted by molar-refractivity contribution is 5.94. The van der Waals surface area contributed by atoms with Gasteiger partial charge in [0.05, 0.1) is 24.9 Å².